The monoisotopic (exact) mass is 356 g/mol. The molecular formula is C17H26F2N4O2. The van der Waals surface area contributed by atoms with Crippen molar-refractivity contribution in [3.05, 3.63) is 29.3 Å². The van der Waals surface area contributed by atoms with E-state index in [1.54, 1.807) is 12.1 Å². The summed E-state index contributed by atoms with van der Waals surface area (Å²) in [5, 5.41) is 8.68. The van der Waals surface area contributed by atoms with Crippen molar-refractivity contribution in [2.75, 3.05) is 19.6 Å². The van der Waals surface area contributed by atoms with Gasteiger partial charge in [-0.3, -0.25) is 4.79 Å². The highest BCUT2D eigenvalue weighted by atomic mass is 19.3. The Balaban J connectivity index is 2.76. The first kappa shape index (κ1) is 20.7. The molecule has 0 radical (unpaired) electrons. The fourth-order valence-electron chi connectivity index (χ4n) is 2.04. The number of carbonyl (C=O) groups excluding carboxylic acids is 1. The van der Waals surface area contributed by atoms with E-state index in [1.165, 1.54) is 6.07 Å². The largest absolute Gasteiger partial charge is 0.434 e. The van der Waals surface area contributed by atoms with Crippen LogP contribution in [0.4, 0.5) is 8.78 Å². The predicted octanol–water partition coefficient (Wildman–Crippen LogP) is 2.18. The highest BCUT2D eigenvalue weighted by Gasteiger charge is 2.10. The van der Waals surface area contributed by atoms with Gasteiger partial charge < -0.3 is 20.7 Å². The number of carbonyl (C=O) groups is 1. The smallest absolute Gasteiger partial charge is 0.387 e. The molecular weight excluding hydrogens is 330 g/mol. The third-order valence-corrected chi connectivity index (χ3v) is 3.17. The first-order chi connectivity index (χ1) is 12.0. The van der Waals surface area contributed by atoms with Gasteiger partial charge in [0, 0.05) is 18.7 Å². The molecule has 0 unspecified atom stereocenters. The number of alkyl halides is 2. The van der Waals surface area contributed by atoms with E-state index >= 15 is 0 Å². The molecule has 3 N–H and O–H groups in total. The van der Waals surface area contributed by atoms with Crippen LogP contribution in [0.5, 0.6) is 5.75 Å². The lowest BCUT2D eigenvalue weighted by atomic mass is 10.1. The van der Waals surface area contributed by atoms with Gasteiger partial charge in [0.15, 0.2) is 5.96 Å². The third-order valence-electron chi connectivity index (χ3n) is 3.17. The number of benzene rings is 1. The molecule has 0 aliphatic carbocycles. The van der Waals surface area contributed by atoms with Gasteiger partial charge in [-0.25, -0.2) is 4.99 Å². The lowest BCUT2D eigenvalue weighted by Crippen LogP contribution is -2.43. The van der Waals surface area contributed by atoms with Gasteiger partial charge in [0.2, 0.25) is 5.91 Å². The molecule has 0 aliphatic rings. The molecule has 140 valence electrons. The Morgan fingerprint density at radius 3 is 2.64 bits per heavy atom. The average Bonchev–Trinajstić information content (AvgIpc) is 2.57. The van der Waals surface area contributed by atoms with E-state index in [9.17, 15) is 13.6 Å². The Hall–Kier alpha value is -2.38. The Labute approximate surface area is 147 Å². The number of hydrogen-bond acceptors (Lipinski definition) is 3. The molecule has 0 fully saturated rings. The highest BCUT2D eigenvalue weighted by molar-refractivity contribution is 5.86. The van der Waals surface area contributed by atoms with Gasteiger partial charge in [0.05, 0.1) is 13.1 Å². The molecule has 1 aromatic rings. The van der Waals surface area contributed by atoms with Crippen molar-refractivity contribution < 1.29 is 18.3 Å². The van der Waals surface area contributed by atoms with E-state index in [2.05, 4.69) is 25.7 Å². The van der Waals surface area contributed by atoms with E-state index in [0.717, 1.165) is 12.0 Å². The van der Waals surface area contributed by atoms with Crippen LogP contribution in [0.2, 0.25) is 0 Å². The maximum absolute atomic E-state index is 12.5. The van der Waals surface area contributed by atoms with Gasteiger partial charge in [-0.05, 0) is 26.3 Å². The second kappa shape index (κ2) is 11.2. The van der Waals surface area contributed by atoms with Crippen molar-refractivity contribution in [3.8, 4) is 5.75 Å². The highest BCUT2D eigenvalue weighted by Crippen LogP contribution is 2.22. The van der Waals surface area contributed by atoms with Crippen LogP contribution < -0.4 is 20.7 Å². The molecule has 0 bridgehead atoms. The summed E-state index contributed by atoms with van der Waals surface area (Å²) in [5.41, 5.74) is 1.47. The summed E-state index contributed by atoms with van der Waals surface area (Å²) in [4.78, 5) is 16.0. The van der Waals surface area contributed by atoms with Crippen molar-refractivity contribution in [3.63, 3.8) is 0 Å². The molecule has 0 atom stereocenters. The van der Waals surface area contributed by atoms with Gasteiger partial charge in [-0.1, -0.05) is 24.6 Å². The molecule has 1 rings (SSSR count). The number of hydrogen-bond donors (Lipinski definition) is 3. The third kappa shape index (κ3) is 8.32. The fraction of sp³-hybridized carbons (Fsp3) is 0.529. The van der Waals surface area contributed by atoms with Crippen LogP contribution in [0, 0.1) is 6.92 Å². The first-order valence-electron chi connectivity index (χ1n) is 8.29. The number of aryl methyl sites for hydroxylation is 1. The van der Waals surface area contributed by atoms with Gasteiger partial charge >= 0.3 is 6.61 Å². The first-order valence-corrected chi connectivity index (χ1v) is 8.29. The fourth-order valence-corrected chi connectivity index (χ4v) is 2.04. The lowest BCUT2D eigenvalue weighted by Gasteiger charge is -2.13. The SMILES string of the molecule is CCCNC(=O)CNC(=NCc1cc(C)ccc1OC(F)F)NCC. The molecule has 1 amide bonds. The minimum Gasteiger partial charge on any atom is -0.434 e. The van der Waals surface area contributed by atoms with Gasteiger partial charge in [0.25, 0.3) is 0 Å². The number of rotatable bonds is 9. The summed E-state index contributed by atoms with van der Waals surface area (Å²) in [7, 11) is 0. The molecule has 0 saturated carbocycles. The Morgan fingerprint density at radius 1 is 1.24 bits per heavy atom. The van der Waals surface area contributed by atoms with Gasteiger partial charge in [-0.15, -0.1) is 0 Å². The second-order valence-corrected chi connectivity index (χ2v) is 5.39. The Kier molecular flexibility index (Phi) is 9.28. The molecule has 6 nitrogen and oxygen atoms in total. The molecule has 0 spiro atoms. The number of halogens is 2. The molecule has 0 aromatic heterocycles. The maximum atomic E-state index is 12.5. The zero-order valence-electron chi connectivity index (χ0n) is 14.9. The number of amides is 1. The number of nitrogens with one attached hydrogen (secondary N) is 3. The van der Waals surface area contributed by atoms with Gasteiger partial charge in [0.1, 0.15) is 5.75 Å². The van der Waals surface area contributed by atoms with Crippen LogP contribution in [0.1, 0.15) is 31.4 Å². The zero-order chi connectivity index (χ0) is 18.7. The quantitative estimate of drug-likeness (QED) is 0.468. The van der Waals surface area contributed by atoms with E-state index in [-0.39, 0.29) is 24.7 Å². The average molecular weight is 356 g/mol. The minimum atomic E-state index is -2.89. The molecule has 0 aliphatic heterocycles. The molecule has 1 aromatic carbocycles. The summed E-state index contributed by atoms with van der Waals surface area (Å²) >= 11 is 0. The standard InChI is InChI=1S/C17H26F2N4O2/c1-4-8-21-15(24)11-23-17(20-5-2)22-10-13-9-12(3)6-7-14(13)25-16(18)19/h6-7,9,16H,4-5,8,10-11H2,1-3H3,(H,21,24)(H2,20,22,23). The minimum absolute atomic E-state index is 0.0834. The van der Waals surface area contributed by atoms with E-state index in [1.807, 2.05) is 20.8 Å². The Bertz CT molecular complexity index is 580. The zero-order valence-corrected chi connectivity index (χ0v) is 14.9. The van der Waals surface area contributed by atoms with Crippen molar-refractivity contribution >= 4 is 11.9 Å². The summed E-state index contributed by atoms with van der Waals surface area (Å²) in [6.07, 6.45) is 0.861. The summed E-state index contributed by atoms with van der Waals surface area (Å²) in [6, 6.07) is 4.95. The van der Waals surface area contributed by atoms with E-state index < -0.39 is 6.61 Å². The molecule has 25 heavy (non-hydrogen) atoms. The number of nitrogens with zero attached hydrogens (tertiary/aromatic N) is 1. The number of aliphatic imine (C=N–C) groups is 1. The van der Waals surface area contributed by atoms with Crippen LogP contribution in [-0.4, -0.2) is 38.1 Å². The van der Waals surface area contributed by atoms with Crippen LogP contribution in [0.15, 0.2) is 23.2 Å². The molecule has 8 heteroatoms. The van der Waals surface area contributed by atoms with Crippen LogP contribution in [0.3, 0.4) is 0 Å². The summed E-state index contributed by atoms with van der Waals surface area (Å²) < 4.78 is 29.5. The van der Waals surface area contributed by atoms with Crippen molar-refractivity contribution in [1.82, 2.24) is 16.0 Å². The second-order valence-electron chi connectivity index (χ2n) is 5.39. The predicted molar refractivity (Wildman–Crippen MR) is 93.9 cm³/mol. The molecule has 0 heterocycles. The molecule has 0 saturated heterocycles. The van der Waals surface area contributed by atoms with E-state index in [0.29, 0.717) is 24.6 Å². The lowest BCUT2D eigenvalue weighted by molar-refractivity contribution is -0.120. The number of guanidine groups is 1. The van der Waals surface area contributed by atoms with E-state index in [4.69, 9.17) is 0 Å². The van der Waals surface area contributed by atoms with Gasteiger partial charge in [-0.2, -0.15) is 8.78 Å². The maximum Gasteiger partial charge on any atom is 0.387 e. The van der Waals surface area contributed by atoms with Crippen molar-refractivity contribution in [2.45, 2.75) is 40.3 Å². The topological polar surface area (TPSA) is 74.8 Å². The van der Waals surface area contributed by atoms with Crippen LogP contribution in [0.25, 0.3) is 0 Å². The van der Waals surface area contributed by atoms with Crippen molar-refractivity contribution in [2.24, 2.45) is 4.99 Å². The van der Waals surface area contributed by atoms with Crippen LogP contribution in [-0.2, 0) is 11.3 Å². The summed E-state index contributed by atoms with van der Waals surface area (Å²) in [5.74, 6) is 0.393. The Morgan fingerprint density at radius 2 is 2.00 bits per heavy atom. The van der Waals surface area contributed by atoms with Crippen LogP contribution >= 0.6 is 0 Å². The number of ether oxygens (including phenoxy) is 1. The van der Waals surface area contributed by atoms with Crippen molar-refractivity contribution in [1.29, 1.82) is 0 Å². The summed E-state index contributed by atoms with van der Waals surface area (Å²) in [6.45, 7) is 4.30. The normalized spacial score (nSPS) is 11.4.